The summed E-state index contributed by atoms with van der Waals surface area (Å²) in [7, 11) is 0. The average Bonchev–Trinajstić information content (AvgIpc) is 2.74. The van der Waals surface area contributed by atoms with E-state index in [4.69, 9.17) is 9.94 Å². The molecule has 0 atom stereocenters. The van der Waals surface area contributed by atoms with Crippen molar-refractivity contribution in [3.8, 4) is 0 Å². The Hall–Kier alpha value is -2.44. The van der Waals surface area contributed by atoms with Crippen molar-refractivity contribution in [3.05, 3.63) is 29.2 Å². The van der Waals surface area contributed by atoms with Crippen LogP contribution in [0.2, 0.25) is 0 Å². The number of aromatic nitrogens is 3. The van der Waals surface area contributed by atoms with E-state index in [9.17, 15) is 4.79 Å². The van der Waals surface area contributed by atoms with E-state index in [0.717, 1.165) is 5.56 Å². The lowest BCUT2D eigenvalue weighted by atomic mass is 10.3. The molecule has 2 rings (SSSR count). The van der Waals surface area contributed by atoms with Gasteiger partial charge in [0.1, 0.15) is 5.69 Å². The van der Waals surface area contributed by atoms with Crippen molar-refractivity contribution in [3.63, 3.8) is 0 Å². The summed E-state index contributed by atoms with van der Waals surface area (Å²) in [6, 6.07) is 1.71. The van der Waals surface area contributed by atoms with Gasteiger partial charge in [0.25, 0.3) is 0 Å². The van der Waals surface area contributed by atoms with Gasteiger partial charge in [-0.05, 0) is 25.5 Å². The number of imidazole rings is 1. The van der Waals surface area contributed by atoms with Gasteiger partial charge >= 0.3 is 5.97 Å². The van der Waals surface area contributed by atoms with Gasteiger partial charge in [-0.3, -0.25) is 0 Å². The van der Waals surface area contributed by atoms with Crippen LogP contribution in [0.25, 0.3) is 5.65 Å². The first-order valence-corrected chi connectivity index (χ1v) is 5.37. The summed E-state index contributed by atoms with van der Waals surface area (Å²) in [4.78, 5) is 15.8. The minimum atomic E-state index is -0.491. The van der Waals surface area contributed by atoms with Gasteiger partial charge in [-0.2, -0.15) is 5.10 Å². The molecule has 0 aliphatic heterocycles. The SMILES string of the molecule is CCOC(=O)c1cnc2c(C)cc(/C=N\O)nn12. The van der Waals surface area contributed by atoms with Crippen molar-refractivity contribution < 1.29 is 14.7 Å². The lowest BCUT2D eigenvalue weighted by Gasteiger charge is -2.03. The lowest BCUT2D eigenvalue weighted by molar-refractivity contribution is 0.0516. The summed E-state index contributed by atoms with van der Waals surface area (Å²) in [5, 5.41) is 15.6. The molecule has 0 fully saturated rings. The number of oxime groups is 1. The van der Waals surface area contributed by atoms with Gasteiger partial charge in [-0.15, -0.1) is 0 Å². The van der Waals surface area contributed by atoms with Crippen LogP contribution in [0.4, 0.5) is 0 Å². The predicted octanol–water partition coefficient (Wildman–Crippen LogP) is 1.02. The second-order valence-electron chi connectivity index (χ2n) is 3.60. The fourth-order valence-corrected chi connectivity index (χ4v) is 1.61. The van der Waals surface area contributed by atoms with E-state index in [2.05, 4.69) is 15.2 Å². The van der Waals surface area contributed by atoms with Crippen LogP contribution >= 0.6 is 0 Å². The number of hydrogen-bond donors (Lipinski definition) is 1. The first-order chi connectivity index (χ1) is 8.67. The van der Waals surface area contributed by atoms with Crippen LogP contribution in [0.1, 0.15) is 28.7 Å². The number of carbonyl (C=O) groups excluding carboxylic acids is 1. The minimum absolute atomic E-state index is 0.239. The van der Waals surface area contributed by atoms with Gasteiger partial charge in [0.05, 0.1) is 19.0 Å². The highest BCUT2D eigenvalue weighted by molar-refractivity contribution is 5.88. The molecule has 94 valence electrons. The van der Waals surface area contributed by atoms with Crippen molar-refractivity contribution in [2.75, 3.05) is 6.61 Å². The van der Waals surface area contributed by atoms with Crippen molar-refractivity contribution in [2.45, 2.75) is 13.8 Å². The summed E-state index contributed by atoms with van der Waals surface area (Å²) in [6.45, 7) is 3.83. The number of rotatable bonds is 3. The number of ether oxygens (including phenoxy) is 1. The zero-order valence-electron chi connectivity index (χ0n) is 9.99. The van der Waals surface area contributed by atoms with Crippen LogP contribution in [-0.2, 0) is 4.74 Å². The molecule has 1 N–H and O–H groups in total. The van der Waals surface area contributed by atoms with E-state index in [1.165, 1.54) is 16.9 Å². The van der Waals surface area contributed by atoms with Gasteiger partial charge in [0.15, 0.2) is 11.3 Å². The third-order valence-corrected chi connectivity index (χ3v) is 2.35. The molecule has 0 spiro atoms. The van der Waals surface area contributed by atoms with Gasteiger partial charge in [0.2, 0.25) is 0 Å². The van der Waals surface area contributed by atoms with Crippen molar-refractivity contribution >= 4 is 17.8 Å². The largest absolute Gasteiger partial charge is 0.461 e. The summed E-state index contributed by atoms with van der Waals surface area (Å²) >= 11 is 0. The van der Waals surface area contributed by atoms with Crippen LogP contribution in [0.3, 0.4) is 0 Å². The molecule has 7 nitrogen and oxygen atoms in total. The lowest BCUT2D eigenvalue weighted by Crippen LogP contribution is -2.11. The quantitative estimate of drug-likeness (QED) is 0.379. The predicted molar refractivity (Wildman–Crippen MR) is 63.1 cm³/mol. The van der Waals surface area contributed by atoms with Crippen LogP contribution in [0.5, 0.6) is 0 Å². The maximum Gasteiger partial charge on any atom is 0.358 e. The van der Waals surface area contributed by atoms with Gasteiger partial charge in [0, 0.05) is 0 Å². The molecular formula is C11H12N4O3. The summed E-state index contributed by atoms with van der Waals surface area (Å²) < 4.78 is 6.29. The summed E-state index contributed by atoms with van der Waals surface area (Å²) in [6.07, 6.45) is 2.59. The van der Waals surface area contributed by atoms with Gasteiger partial charge in [-0.25, -0.2) is 14.3 Å². The van der Waals surface area contributed by atoms with E-state index in [1.807, 2.05) is 6.92 Å². The van der Waals surface area contributed by atoms with Crippen LogP contribution in [0, 0.1) is 6.92 Å². The Morgan fingerprint density at radius 1 is 1.67 bits per heavy atom. The standard InChI is InChI=1S/C11H12N4O3/c1-3-18-11(16)9-6-12-10-7(2)4-8(5-13-17)14-15(9)10/h4-6,17H,3H2,1-2H3/b13-5-. The molecule has 0 radical (unpaired) electrons. The van der Waals surface area contributed by atoms with E-state index >= 15 is 0 Å². The van der Waals surface area contributed by atoms with Crippen LogP contribution < -0.4 is 0 Å². The van der Waals surface area contributed by atoms with Crippen LogP contribution in [-0.4, -0.2) is 38.6 Å². The fraction of sp³-hybridized carbons (Fsp3) is 0.273. The molecule has 0 saturated carbocycles. The highest BCUT2D eigenvalue weighted by Crippen LogP contribution is 2.11. The smallest absolute Gasteiger partial charge is 0.358 e. The Bertz CT molecular complexity index is 618. The van der Waals surface area contributed by atoms with E-state index in [-0.39, 0.29) is 12.3 Å². The maximum atomic E-state index is 11.7. The molecular weight excluding hydrogens is 236 g/mol. The number of aryl methyl sites for hydroxylation is 1. The monoisotopic (exact) mass is 248 g/mol. The molecule has 2 aromatic heterocycles. The molecule has 0 unspecified atom stereocenters. The van der Waals surface area contributed by atoms with E-state index in [1.54, 1.807) is 13.0 Å². The van der Waals surface area contributed by atoms with Crippen LogP contribution in [0.15, 0.2) is 17.4 Å². The highest BCUT2D eigenvalue weighted by atomic mass is 16.5. The Labute approximate surface area is 103 Å². The molecule has 0 aliphatic carbocycles. The highest BCUT2D eigenvalue weighted by Gasteiger charge is 2.15. The minimum Gasteiger partial charge on any atom is -0.461 e. The summed E-state index contributed by atoms with van der Waals surface area (Å²) in [5.74, 6) is -0.491. The Morgan fingerprint density at radius 2 is 2.44 bits per heavy atom. The number of hydrogen-bond acceptors (Lipinski definition) is 6. The van der Waals surface area contributed by atoms with Crippen molar-refractivity contribution in [1.29, 1.82) is 0 Å². The molecule has 0 aromatic carbocycles. The molecule has 7 heteroatoms. The van der Waals surface area contributed by atoms with E-state index in [0.29, 0.717) is 11.3 Å². The van der Waals surface area contributed by atoms with E-state index < -0.39 is 5.97 Å². The fourth-order valence-electron chi connectivity index (χ4n) is 1.61. The number of carbonyl (C=O) groups is 1. The first-order valence-electron chi connectivity index (χ1n) is 5.37. The maximum absolute atomic E-state index is 11.7. The molecule has 2 heterocycles. The molecule has 2 aromatic rings. The number of nitrogens with zero attached hydrogens (tertiary/aromatic N) is 4. The topological polar surface area (TPSA) is 89.1 Å². The summed E-state index contributed by atoms with van der Waals surface area (Å²) in [5.41, 5.74) is 2.04. The second-order valence-corrected chi connectivity index (χ2v) is 3.60. The zero-order chi connectivity index (χ0) is 13.1. The van der Waals surface area contributed by atoms with Crippen molar-refractivity contribution in [2.24, 2.45) is 5.16 Å². The first kappa shape index (κ1) is 12.0. The van der Waals surface area contributed by atoms with Gasteiger partial charge in [-0.1, -0.05) is 5.16 Å². The zero-order valence-corrected chi connectivity index (χ0v) is 9.99. The molecule has 18 heavy (non-hydrogen) atoms. The number of fused-ring (bicyclic) bond motifs is 1. The molecule has 0 aliphatic rings. The van der Waals surface area contributed by atoms with Gasteiger partial charge < -0.3 is 9.94 Å². The third-order valence-electron chi connectivity index (χ3n) is 2.35. The second kappa shape index (κ2) is 4.82. The Kier molecular flexibility index (Phi) is 3.22. The number of esters is 1. The van der Waals surface area contributed by atoms with Crippen molar-refractivity contribution in [1.82, 2.24) is 14.6 Å². The Morgan fingerprint density at radius 3 is 3.11 bits per heavy atom. The average molecular weight is 248 g/mol. The molecule has 0 amide bonds. The molecule has 0 bridgehead atoms. The Balaban J connectivity index is 2.59. The molecule has 0 saturated heterocycles. The third kappa shape index (κ3) is 2.02. The normalized spacial score (nSPS) is 11.2.